The molecule has 0 aliphatic rings. The van der Waals surface area contributed by atoms with E-state index in [2.05, 4.69) is 15.5 Å². The van der Waals surface area contributed by atoms with E-state index in [1.54, 1.807) is 6.92 Å². The first-order valence-electron chi connectivity index (χ1n) is 7.35. The first-order chi connectivity index (χ1) is 10.7. The highest BCUT2D eigenvalue weighted by Gasteiger charge is 2.15. The van der Waals surface area contributed by atoms with Crippen LogP contribution in [0.1, 0.15) is 37.4 Å². The first-order valence-corrected chi connectivity index (χ1v) is 7.35. The zero-order valence-corrected chi connectivity index (χ0v) is 12.9. The Labute approximate surface area is 128 Å². The van der Waals surface area contributed by atoms with Gasteiger partial charge in [0, 0.05) is 5.39 Å². The van der Waals surface area contributed by atoms with E-state index in [4.69, 9.17) is 13.7 Å². The molecule has 2 heterocycles. The molecule has 22 heavy (non-hydrogen) atoms. The Bertz CT molecular complexity index is 763. The highest BCUT2D eigenvalue weighted by atomic mass is 16.5. The minimum Gasteiger partial charge on any atom is -0.490 e. The summed E-state index contributed by atoms with van der Waals surface area (Å²) in [5.74, 6) is 2.81. The minimum absolute atomic E-state index is 0.0223. The molecule has 0 fully saturated rings. The maximum absolute atomic E-state index is 5.95. The first kappa shape index (κ1) is 14.6. The molecule has 1 N–H and O–H groups in total. The molecule has 0 saturated carbocycles. The van der Waals surface area contributed by atoms with Crippen LogP contribution in [-0.2, 0) is 6.54 Å². The minimum atomic E-state index is 0.0223. The van der Waals surface area contributed by atoms with Gasteiger partial charge in [-0.15, -0.1) is 0 Å². The van der Waals surface area contributed by atoms with E-state index in [1.165, 1.54) is 0 Å². The lowest BCUT2D eigenvalue weighted by atomic mass is 10.2. The molecule has 6 heteroatoms. The van der Waals surface area contributed by atoms with Crippen LogP contribution in [0.3, 0.4) is 0 Å². The van der Waals surface area contributed by atoms with Crippen molar-refractivity contribution < 1.29 is 13.7 Å². The van der Waals surface area contributed by atoms with Gasteiger partial charge in [0.25, 0.3) is 0 Å². The van der Waals surface area contributed by atoms with Crippen molar-refractivity contribution in [2.45, 2.75) is 33.4 Å². The Hall–Kier alpha value is -2.34. The number of para-hydroxylation sites is 1. The van der Waals surface area contributed by atoms with Gasteiger partial charge in [-0.2, -0.15) is 4.98 Å². The van der Waals surface area contributed by atoms with Gasteiger partial charge in [0.05, 0.1) is 19.2 Å². The highest BCUT2D eigenvalue weighted by molar-refractivity contribution is 5.83. The van der Waals surface area contributed by atoms with Gasteiger partial charge in [0.15, 0.2) is 17.2 Å². The SMILES string of the molecule is CCOc1cccc2cc([C@H](C)NCc3nc(C)no3)oc12. The van der Waals surface area contributed by atoms with E-state index in [0.717, 1.165) is 22.5 Å². The fraction of sp³-hybridized carbons (Fsp3) is 0.375. The second-order valence-corrected chi connectivity index (χ2v) is 5.09. The van der Waals surface area contributed by atoms with Gasteiger partial charge in [0.1, 0.15) is 5.76 Å². The van der Waals surface area contributed by atoms with Crippen molar-refractivity contribution in [1.82, 2.24) is 15.5 Å². The standard InChI is InChI=1S/C16H19N3O3/c1-4-20-13-7-5-6-12-8-14(21-16(12)13)10(2)17-9-15-18-11(3)19-22-15/h5-8,10,17H,4,9H2,1-3H3/t10-/m0/s1. The van der Waals surface area contributed by atoms with Crippen molar-refractivity contribution in [3.05, 3.63) is 41.7 Å². The summed E-state index contributed by atoms with van der Waals surface area (Å²) in [6.07, 6.45) is 0. The predicted octanol–water partition coefficient (Wildman–Crippen LogP) is 3.37. The molecule has 0 bridgehead atoms. The molecule has 3 aromatic rings. The third-order valence-corrected chi connectivity index (χ3v) is 3.38. The molecule has 0 amide bonds. The summed E-state index contributed by atoms with van der Waals surface area (Å²) in [7, 11) is 0. The normalized spacial score (nSPS) is 12.7. The number of nitrogens with one attached hydrogen (secondary N) is 1. The van der Waals surface area contributed by atoms with Crippen molar-refractivity contribution in [3.63, 3.8) is 0 Å². The van der Waals surface area contributed by atoms with Gasteiger partial charge in [-0.3, -0.25) is 5.32 Å². The summed E-state index contributed by atoms with van der Waals surface area (Å²) in [5, 5.41) is 8.11. The molecule has 0 radical (unpaired) electrons. The number of nitrogens with zero attached hydrogens (tertiary/aromatic N) is 2. The average molecular weight is 301 g/mol. The zero-order valence-electron chi connectivity index (χ0n) is 12.9. The lowest BCUT2D eigenvalue weighted by Gasteiger charge is -2.08. The predicted molar refractivity (Wildman–Crippen MR) is 81.7 cm³/mol. The Morgan fingerprint density at radius 2 is 2.23 bits per heavy atom. The maximum Gasteiger partial charge on any atom is 0.240 e. The molecule has 0 spiro atoms. The maximum atomic E-state index is 5.95. The summed E-state index contributed by atoms with van der Waals surface area (Å²) < 4.78 is 16.6. The lowest BCUT2D eigenvalue weighted by molar-refractivity contribution is 0.333. The van der Waals surface area contributed by atoms with Gasteiger partial charge in [0.2, 0.25) is 5.89 Å². The van der Waals surface area contributed by atoms with Crippen LogP contribution in [0.2, 0.25) is 0 Å². The molecular weight excluding hydrogens is 282 g/mol. The number of rotatable bonds is 6. The zero-order chi connectivity index (χ0) is 15.5. The fourth-order valence-electron chi connectivity index (χ4n) is 2.29. The number of fused-ring (bicyclic) bond motifs is 1. The Kier molecular flexibility index (Phi) is 4.11. The van der Waals surface area contributed by atoms with Crippen LogP contribution in [-0.4, -0.2) is 16.7 Å². The van der Waals surface area contributed by atoms with E-state index in [9.17, 15) is 0 Å². The number of hydrogen-bond acceptors (Lipinski definition) is 6. The third-order valence-electron chi connectivity index (χ3n) is 3.38. The molecule has 0 aliphatic heterocycles. The number of hydrogen-bond donors (Lipinski definition) is 1. The lowest BCUT2D eigenvalue weighted by Crippen LogP contribution is -2.17. The fourth-order valence-corrected chi connectivity index (χ4v) is 2.29. The van der Waals surface area contributed by atoms with Crippen molar-refractivity contribution in [1.29, 1.82) is 0 Å². The molecule has 1 atom stereocenters. The summed E-state index contributed by atoms with van der Waals surface area (Å²) in [6, 6.07) is 7.94. The second-order valence-electron chi connectivity index (χ2n) is 5.09. The molecule has 0 aliphatic carbocycles. The molecule has 3 rings (SSSR count). The Morgan fingerprint density at radius 1 is 1.36 bits per heavy atom. The molecule has 2 aromatic heterocycles. The summed E-state index contributed by atoms with van der Waals surface area (Å²) in [5.41, 5.74) is 0.779. The Morgan fingerprint density at radius 3 is 2.95 bits per heavy atom. The van der Waals surface area contributed by atoms with E-state index in [-0.39, 0.29) is 6.04 Å². The van der Waals surface area contributed by atoms with Gasteiger partial charge in [-0.1, -0.05) is 17.3 Å². The number of benzene rings is 1. The van der Waals surface area contributed by atoms with Crippen molar-refractivity contribution in [2.75, 3.05) is 6.61 Å². The molecule has 0 unspecified atom stereocenters. The largest absolute Gasteiger partial charge is 0.490 e. The molecule has 0 saturated heterocycles. The molecule has 6 nitrogen and oxygen atoms in total. The van der Waals surface area contributed by atoms with Gasteiger partial charge in [-0.25, -0.2) is 0 Å². The smallest absolute Gasteiger partial charge is 0.240 e. The van der Waals surface area contributed by atoms with Gasteiger partial charge < -0.3 is 13.7 Å². The van der Waals surface area contributed by atoms with Crippen molar-refractivity contribution in [3.8, 4) is 5.75 Å². The summed E-state index contributed by atoms with van der Waals surface area (Å²) in [4.78, 5) is 4.17. The van der Waals surface area contributed by atoms with Crippen LogP contribution >= 0.6 is 0 Å². The van der Waals surface area contributed by atoms with Gasteiger partial charge >= 0.3 is 0 Å². The van der Waals surface area contributed by atoms with Crippen LogP contribution < -0.4 is 10.1 Å². The van der Waals surface area contributed by atoms with Crippen LogP contribution in [0.5, 0.6) is 5.75 Å². The van der Waals surface area contributed by atoms with Crippen LogP contribution in [0.4, 0.5) is 0 Å². The van der Waals surface area contributed by atoms with Crippen molar-refractivity contribution >= 4 is 11.0 Å². The number of ether oxygens (including phenoxy) is 1. The number of aryl methyl sites for hydroxylation is 1. The number of furan rings is 1. The number of aromatic nitrogens is 2. The molecular formula is C16H19N3O3. The second kappa shape index (κ2) is 6.19. The van der Waals surface area contributed by atoms with E-state index in [1.807, 2.05) is 38.1 Å². The topological polar surface area (TPSA) is 73.3 Å². The molecule has 116 valence electrons. The summed E-state index contributed by atoms with van der Waals surface area (Å²) in [6.45, 7) is 6.89. The van der Waals surface area contributed by atoms with E-state index >= 15 is 0 Å². The van der Waals surface area contributed by atoms with E-state index < -0.39 is 0 Å². The van der Waals surface area contributed by atoms with E-state index in [0.29, 0.717) is 24.9 Å². The Balaban J connectivity index is 1.76. The van der Waals surface area contributed by atoms with Crippen LogP contribution in [0.25, 0.3) is 11.0 Å². The average Bonchev–Trinajstić information content (AvgIpc) is 3.12. The van der Waals surface area contributed by atoms with Crippen LogP contribution in [0, 0.1) is 6.92 Å². The third kappa shape index (κ3) is 2.96. The molecule has 1 aromatic carbocycles. The monoisotopic (exact) mass is 301 g/mol. The van der Waals surface area contributed by atoms with Crippen LogP contribution in [0.15, 0.2) is 33.2 Å². The highest BCUT2D eigenvalue weighted by Crippen LogP contribution is 2.31. The quantitative estimate of drug-likeness (QED) is 0.752. The van der Waals surface area contributed by atoms with Crippen molar-refractivity contribution in [2.24, 2.45) is 0 Å². The van der Waals surface area contributed by atoms with Gasteiger partial charge in [-0.05, 0) is 32.9 Å². The summed E-state index contributed by atoms with van der Waals surface area (Å²) >= 11 is 0.